The van der Waals surface area contributed by atoms with Crippen LogP contribution in [0.5, 0.6) is 0 Å². The van der Waals surface area contributed by atoms with Gasteiger partial charge in [-0.05, 0) is 20.4 Å². The molecule has 15 heavy (non-hydrogen) atoms. The lowest BCUT2D eigenvalue weighted by Crippen LogP contribution is -2.24. The number of unbranched alkanes of at least 4 members (excludes halogenated alkanes) is 1. The molecule has 5 nitrogen and oxygen atoms in total. The maximum atomic E-state index is 5.52. The second-order valence-electron chi connectivity index (χ2n) is 3.44. The molecule has 0 unspecified atom stereocenters. The first-order valence-corrected chi connectivity index (χ1v) is 5.53. The average molecular weight is 212 g/mol. The molecule has 5 heteroatoms. The summed E-state index contributed by atoms with van der Waals surface area (Å²) in [6.07, 6.45) is 2.32. The number of rotatable bonds is 7. The zero-order chi connectivity index (χ0) is 11.1. The molecule has 1 aromatic rings. The van der Waals surface area contributed by atoms with Crippen LogP contribution in [-0.4, -0.2) is 30.3 Å². The summed E-state index contributed by atoms with van der Waals surface area (Å²) >= 11 is 0. The minimum absolute atomic E-state index is 0.623. The summed E-state index contributed by atoms with van der Waals surface area (Å²) in [5.74, 6) is 0.641. The quantitative estimate of drug-likeness (QED) is 0.740. The number of aromatic nitrogens is 2. The third-order valence-electron chi connectivity index (χ3n) is 2.22. The molecule has 0 radical (unpaired) electrons. The predicted molar refractivity (Wildman–Crippen MR) is 59.9 cm³/mol. The molecular weight excluding hydrogens is 192 g/mol. The molecule has 0 fully saturated rings. The highest BCUT2D eigenvalue weighted by atomic mass is 16.4. The van der Waals surface area contributed by atoms with Crippen molar-refractivity contribution in [3.8, 4) is 0 Å². The Kier molecular flexibility index (Phi) is 5.10. The number of anilines is 1. The molecule has 0 aliphatic rings. The molecular formula is C10H20N4O. The normalized spacial score (nSPS) is 10.6. The average Bonchev–Trinajstić information content (AvgIpc) is 2.68. The van der Waals surface area contributed by atoms with E-state index in [-0.39, 0.29) is 0 Å². The van der Waals surface area contributed by atoms with Crippen LogP contribution in [0.25, 0.3) is 0 Å². The molecule has 0 amide bonds. The standard InChI is InChI=1S/C10H20N4O/c1-4-6-7-14(5-2)10-13-12-9(15-10)8-11-3/h11H,4-8H2,1-3H3. The van der Waals surface area contributed by atoms with E-state index in [1.54, 1.807) is 0 Å². The second kappa shape index (κ2) is 6.40. The van der Waals surface area contributed by atoms with Gasteiger partial charge in [0.15, 0.2) is 0 Å². The van der Waals surface area contributed by atoms with Gasteiger partial charge < -0.3 is 14.6 Å². The lowest BCUT2D eigenvalue weighted by Gasteiger charge is -2.16. The van der Waals surface area contributed by atoms with Crippen molar-refractivity contribution in [1.82, 2.24) is 15.5 Å². The maximum absolute atomic E-state index is 5.52. The summed E-state index contributed by atoms with van der Waals surface area (Å²) in [4.78, 5) is 2.11. The molecule has 1 N–H and O–H groups in total. The van der Waals surface area contributed by atoms with Crippen LogP contribution in [-0.2, 0) is 6.54 Å². The Balaban J connectivity index is 2.57. The van der Waals surface area contributed by atoms with Gasteiger partial charge in [0.2, 0.25) is 5.89 Å². The molecule has 1 aromatic heterocycles. The maximum Gasteiger partial charge on any atom is 0.318 e. The Morgan fingerprint density at radius 3 is 2.73 bits per heavy atom. The lowest BCUT2D eigenvalue weighted by atomic mass is 10.3. The van der Waals surface area contributed by atoms with E-state index in [4.69, 9.17) is 4.42 Å². The Hall–Kier alpha value is -1.10. The number of nitrogens with zero attached hydrogens (tertiary/aromatic N) is 3. The molecule has 0 aliphatic carbocycles. The fraction of sp³-hybridized carbons (Fsp3) is 0.800. The van der Waals surface area contributed by atoms with Crippen LogP contribution >= 0.6 is 0 Å². The fourth-order valence-corrected chi connectivity index (χ4v) is 1.33. The number of nitrogens with one attached hydrogen (secondary N) is 1. The molecule has 0 saturated carbocycles. The van der Waals surface area contributed by atoms with Gasteiger partial charge in [-0.3, -0.25) is 0 Å². The SMILES string of the molecule is CCCCN(CC)c1nnc(CNC)o1. The minimum atomic E-state index is 0.623. The lowest BCUT2D eigenvalue weighted by molar-refractivity contribution is 0.470. The molecule has 1 heterocycles. The van der Waals surface area contributed by atoms with Gasteiger partial charge in [-0.1, -0.05) is 18.4 Å². The molecule has 0 aromatic carbocycles. The molecule has 1 rings (SSSR count). The van der Waals surface area contributed by atoms with E-state index in [9.17, 15) is 0 Å². The monoisotopic (exact) mass is 212 g/mol. The van der Waals surface area contributed by atoms with Crippen LogP contribution in [0.2, 0.25) is 0 Å². The van der Waals surface area contributed by atoms with E-state index >= 15 is 0 Å². The molecule has 0 bridgehead atoms. The third kappa shape index (κ3) is 3.51. The Morgan fingerprint density at radius 2 is 2.13 bits per heavy atom. The summed E-state index contributed by atoms with van der Waals surface area (Å²) in [5, 5.41) is 11.0. The third-order valence-corrected chi connectivity index (χ3v) is 2.22. The molecule has 0 spiro atoms. The van der Waals surface area contributed by atoms with Crippen LogP contribution in [0.4, 0.5) is 6.01 Å². The largest absolute Gasteiger partial charge is 0.407 e. The van der Waals surface area contributed by atoms with Crippen molar-refractivity contribution >= 4 is 6.01 Å². The Labute approximate surface area is 90.9 Å². The zero-order valence-electron chi connectivity index (χ0n) is 9.79. The highest BCUT2D eigenvalue weighted by molar-refractivity contribution is 5.23. The van der Waals surface area contributed by atoms with E-state index in [0.29, 0.717) is 18.5 Å². The van der Waals surface area contributed by atoms with Crippen molar-refractivity contribution in [2.45, 2.75) is 33.2 Å². The van der Waals surface area contributed by atoms with Crippen molar-refractivity contribution in [3.63, 3.8) is 0 Å². The van der Waals surface area contributed by atoms with E-state index in [2.05, 4.69) is 34.3 Å². The summed E-state index contributed by atoms with van der Waals surface area (Å²) in [7, 11) is 1.86. The van der Waals surface area contributed by atoms with Crippen LogP contribution in [0.1, 0.15) is 32.6 Å². The highest BCUT2D eigenvalue weighted by Crippen LogP contribution is 2.12. The summed E-state index contributed by atoms with van der Waals surface area (Å²) in [6, 6.07) is 0.635. The topological polar surface area (TPSA) is 54.2 Å². The highest BCUT2D eigenvalue weighted by Gasteiger charge is 2.11. The van der Waals surface area contributed by atoms with Gasteiger partial charge in [-0.2, -0.15) is 0 Å². The van der Waals surface area contributed by atoms with Gasteiger partial charge >= 0.3 is 6.01 Å². The second-order valence-corrected chi connectivity index (χ2v) is 3.44. The van der Waals surface area contributed by atoms with Crippen molar-refractivity contribution < 1.29 is 4.42 Å². The van der Waals surface area contributed by atoms with Crippen LogP contribution in [0, 0.1) is 0 Å². The number of hydrogen-bond acceptors (Lipinski definition) is 5. The van der Waals surface area contributed by atoms with Crippen LogP contribution in [0.3, 0.4) is 0 Å². The fourth-order valence-electron chi connectivity index (χ4n) is 1.33. The Bertz CT molecular complexity index is 274. The minimum Gasteiger partial charge on any atom is -0.407 e. The first-order valence-electron chi connectivity index (χ1n) is 5.53. The Morgan fingerprint density at radius 1 is 1.33 bits per heavy atom. The smallest absolute Gasteiger partial charge is 0.318 e. The van der Waals surface area contributed by atoms with Gasteiger partial charge in [0.05, 0.1) is 6.54 Å². The van der Waals surface area contributed by atoms with Crippen molar-refractivity contribution in [2.24, 2.45) is 0 Å². The first-order chi connectivity index (χ1) is 7.31. The zero-order valence-corrected chi connectivity index (χ0v) is 9.79. The molecule has 86 valence electrons. The molecule has 0 saturated heterocycles. The van der Waals surface area contributed by atoms with Gasteiger partial charge in [-0.15, -0.1) is 5.10 Å². The summed E-state index contributed by atoms with van der Waals surface area (Å²) in [6.45, 7) is 6.78. The van der Waals surface area contributed by atoms with Gasteiger partial charge in [-0.25, -0.2) is 0 Å². The van der Waals surface area contributed by atoms with Gasteiger partial charge in [0, 0.05) is 13.1 Å². The van der Waals surface area contributed by atoms with Crippen molar-refractivity contribution in [3.05, 3.63) is 5.89 Å². The van der Waals surface area contributed by atoms with Crippen LogP contribution < -0.4 is 10.2 Å². The van der Waals surface area contributed by atoms with Crippen molar-refractivity contribution in [1.29, 1.82) is 0 Å². The molecule has 0 atom stereocenters. The van der Waals surface area contributed by atoms with Crippen molar-refractivity contribution in [2.75, 3.05) is 25.0 Å². The number of hydrogen-bond donors (Lipinski definition) is 1. The van der Waals surface area contributed by atoms with E-state index in [1.807, 2.05) is 7.05 Å². The van der Waals surface area contributed by atoms with E-state index < -0.39 is 0 Å². The summed E-state index contributed by atoms with van der Waals surface area (Å²) in [5.41, 5.74) is 0. The van der Waals surface area contributed by atoms with Gasteiger partial charge in [0.1, 0.15) is 0 Å². The van der Waals surface area contributed by atoms with E-state index in [0.717, 1.165) is 19.5 Å². The van der Waals surface area contributed by atoms with Gasteiger partial charge in [0.25, 0.3) is 0 Å². The van der Waals surface area contributed by atoms with E-state index in [1.165, 1.54) is 6.42 Å². The molecule has 0 aliphatic heterocycles. The predicted octanol–water partition coefficient (Wildman–Crippen LogP) is 1.42. The van der Waals surface area contributed by atoms with Crippen LogP contribution in [0.15, 0.2) is 4.42 Å². The summed E-state index contributed by atoms with van der Waals surface area (Å²) < 4.78 is 5.52. The first kappa shape index (κ1) is 12.0.